The molecule has 11 heavy (non-hydrogen) atoms. The van der Waals surface area contributed by atoms with Crippen LogP contribution in [0.4, 0.5) is 0 Å². The highest BCUT2D eigenvalue weighted by molar-refractivity contribution is 4.72. The van der Waals surface area contributed by atoms with Crippen LogP contribution in [-0.4, -0.2) is 17.3 Å². The number of aliphatic hydroxyl groups is 1. The Labute approximate surface area is 66.9 Å². The van der Waals surface area contributed by atoms with Crippen molar-refractivity contribution in [2.45, 2.75) is 45.3 Å². The maximum Gasteiger partial charge on any atom is 0.0631 e. The second kappa shape index (κ2) is 6.01. The Morgan fingerprint density at radius 3 is 2.64 bits per heavy atom. The fourth-order valence-corrected chi connectivity index (χ4v) is 0.875. The molecule has 64 valence electrons. The van der Waals surface area contributed by atoms with Gasteiger partial charge in [-0.3, -0.25) is 0 Å². The van der Waals surface area contributed by atoms with Gasteiger partial charge in [0.1, 0.15) is 0 Å². The lowest BCUT2D eigenvalue weighted by Crippen LogP contribution is -2.19. The fourth-order valence-electron chi connectivity index (χ4n) is 0.875. The predicted octanol–water partition coefficient (Wildman–Crippen LogP) is 2.24. The zero-order chi connectivity index (χ0) is 8.69. The van der Waals surface area contributed by atoms with E-state index in [1.54, 1.807) is 6.92 Å². The molecule has 0 aliphatic heterocycles. The molecular formula is C7H15N3O. The molecule has 0 unspecified atom stereocenters. The van der Waals surface area contributed by atoms with Gasteiger partial charge < -0.3 is 5.11 Å². The molecule has 0 rings (SSSR count). The summed E-state index contributed by atoms with van der Waals surface area (Å²) in [5.74, 6) is 0. The number of azide groups is 1. The molecule has 2 atom stereocenters. The van der Waals surface area contributed by atoms with E-state index < -0.39 is 6.10 Å². The van der Waals surface area contributed by atoms with Crippen LogP contribution in [0.5, 0.6) is 0 Å². The van der Waals surface area contributed by atoms with E-state index in [2.05, 4.69) is 16.9 Å². The van der Waals surface area contributed by atoms with Crippen LogP contribution < -0.4 is 0 Å². The molecule has 0 radical (unpaired) electrons. The molecule has 0 aromatic carbocycles. The zero-order valence-corrected chi connectivity index (χ0v) is 7.06. The summed E-state index contributed by atoms with van der Waals surface area (Å²) in [7, 11) is 0. The molecule has 0 aliphatic rings. The number of nitrogens with zero attached hydrogens (tertiary/aromatic N) is 3. The number of rotatable bonds is 5. The van der Waals surface area contributed by atoms with Gasteiger partial charge in [0.05, 0.1) is 12.1 Å². The first-order valence-electron chi connectivity index (χ1n) is 3.94. The highest BCUT2D eigenvalue weighted by atomic mass is 16.3. The lowest BCUT2D eigenvalue weighted by molar-refractivity contribution is 0.158. The van der Waals surface area contributed by atoms with Gasteiger partial charge in [0.25, 0.3) is 0 Å². The van der Waals surface area contributed by atoms with Gasteiger partial charge in [-0.2, -0.15) is 0 Å². The smallest absolute Gasteiger partial charge is 0.0631 e. The first-order chi connectivity index (χ1) is 5.22. The van der Waals surface area contributed by atoms with Crippen LogP contribution in [0, 0.1) is 0 Å². The van der Waals surface area contributed by atoms with E-state index in [4.69, 9.17) is 10.6 Å². The van der Waals surface area contributed by atoms with E-state index in [0.717, 1.165) is 19.3 Å². The summed E-state index contributed by atoms with van der Waals surface area (Å²) in [4.78, 5) is 2.68. The Morgan fingerprint density at radius 1 is 1.64 bits per heavy atom. The third kappa shape index (κ3) is 4.65. The monoisotopic (exact) mass is 157 g/mol. The predicted molar refractivity (Wildman–Crippen MR) is 44.1 cm³/mol. The van der Waals surface area contributed by atoms with Gasteiger partial charge in [-0.25, -0.2) is 0 Å². The van der Waals surface area contributed by atoms with E-state index in [1.165, 1.54) is 0 Å². The minimum atomic E-state index is -0.530. The Kier molecular flexibility index (Phi) is 5.61. The third-order valence-electron chi connectivity index (χ3n) is 1.61. The average molecular weight is 157 g/mol. The summed E-state index contributed by atoms with van der Waals surface area (Å²) in [6.07, 6.45) is 2.30. The number of aliphatic hydroxyl groups excluding tert-OH is 1. The molecule has 0 heterocycles. The highest BCUT2D eigenvalue weighted by Crippen LogP contribution is 2.08. The van der Waals surface area contributed by atoms with Crippen molar-refractivity contribution in [2.24, 2.45) is 5.11 Å². The molecule has 0 bridgehead atoms. The fraction of sp³-hybridized carbons (Fsp3) is 1.00. The molecule has 0 aromatic rings. The molecular weight excluding hydrogens is 142 g/mol. The van der Waals surface area contributed by atoms with Gasteiger partial charge in [-0.05, 0) is 18.9 Å². The van der Waals surface area contributed by atoms with Crippen LogP contribution in [0.25, 0.3) is 10.4 Å². The van der Waals surface area contributed by atoms with Crippen molar-refractivity contribution < 1.29 is 5.11 Å². The minimum Gasteiger partial charge on any atom is -0.393 e. The largest absolute Gasteiger partial charge is 0.393 e. The SMILES string of the molecule is CCCC[C@@H](N=[N+]=[N-])[C@H](C)O. The lowest BCUT2D eigenvalue weighted by atomic mass is 10.1. The summed E-state index contributed by atoms with van der Waals surface area (Å²) in [5, 5.41) is 12.6. The number of unbranched alkanes of at least 4 members (excludes halogenated alkanes) is 1. The van der Waals surface area contributed by atoms with Gasteiger partial charge >= 0.3 is 0 Å². The number of hydrogen-bond acceptors (Lipinski definition) is 2. The van der Waals surface area contributed by atoms with E-state index >= 15 is 0 Å². The molecule has 0 amide bonds. The van der Waals surface area contributed by atoms with E-state index in [0.29, 0.717) is 0 Å². The van der Waals surface area contributed by atoms with Crippen molar-refractivity contribution in [2.75, 3.05) is 0 Å². The van der Waals surface area contributed by atoms with Crippen molar-refractivity contribution in [3.63, 3.8) is 0 Å². The lowest BCUT2D eigenvalue weighted by Gasteiger charge is -2.12. The highest BCUT2D eigenvalue weighted by Gasteiger charge is 2.11. The first kappa shape index (κ1) is 10.3. The summed E-state index contributed by atoms with van der Waals surface area (Å²) < 4.78 is 0. The Hall–Kier alpha value is -0.730. The van der Waals surface area contributed by atoms with Crippen molar-refractivity contribution in [1.29, 1.82) is 0 Å². The van der Waals surface area contributed by atoms with Gasteiger partial charge in [0, 0.05) is 4.91 Å². The summed E-state index contributed by atoms with van der Waals surface area (Å²) in [6, 6.07) is -0.250. The molecule has 4 nitrogen and oxygen atoms in total. The van der Waals surface area contributed by atoms with Crippen LogP contribution in [0.3, 0.4) is 0 Å². The quantitative estimate of drug-likeness (QED) is 0.371. The summed E-state index contributed by atoms with van der Waals surface area (Å²) >= 11 is 0. The van der Waals surface area contributed by atoms with Crippen molar-refractivity contribution in [3.05, 3.63) is 10.4 Å². The van der Waals surface area contributed by atoms with E-state index in [9.17, 15) is 0 Å². The molecule has 0 fully saturated rings. The van der Waals surface area contributed by atoms with Crippen LogP contribution in [0.2, 0.25) is 0 Å². The standard InChI is InChI=1S/C7H15N3O/c1-3-4-5-7(6(2)11)9-10-8/h6-7,11H,3-5H2,1-2H3/t6-,7+/m0/s1. The minimum absolute atomic E-state index is 0.250. The molecule has 1 N–H and O–H groups in total. The maximum absolute atomic E-state index is 9.11. The normalized spacial score (nSPS) is 15.2. The number of hydrogen-bond donors (Lipinski definition) is 1. The van der Waals surface area contributed by atoms with Crippen molar-refractivity contribution >= 4 is 0 Å². The third-order valence-corrected chi connectivity index (χ3v) is 1.61. The van der Waals surface area contributed by atoms with E-state index in [1.807, 2.05) is 0 Å². The second-order valence-corrected chi connectivity index (χ2v) is 2.66. The second-order valence-electron chi connectivity index (χ2n) is 2.66. The van der Waals surface area contributed by atoms with Crippen molar-refractivity contribution in [3.8, 4) is 0 Å². The van der Waals surface area contributed by atoms with Gasteiger partial charge in [-0.1, -0.05) is 24.9 Å². The molecule has 0 saturated carbocycles. The van der Waals surface area contributed by atoms with Gasteiger partial charge in [0.15, 0.2) is 0 Å². The topological polar surface area (TPSA) is 69.0 Å². The van der Waals surface area contributed by atoms with Gasteiger partial charge in [0.2, 0.25) is 0 Å². The summed E-state index contributed by atoms with van der Waals surface area (Å²) in [6.45, 7) is 3.71. The van der Waals surface area contributed by atoms with Gasteiger partial charge in [-0.15, -0.1) is 0 Å². The zero-order valence-electron chi connectivity index (χ0n) is 7.06. The Morgan fingerprint density at radius 2 is 2.27 bits per heavy atom. The molecule has 4 heteroatoms. The molecule has 0 saturated heterocycles. The van der Waals surface area contributed by atoms with Crippen LogP contribution >= 0.6 is 0 Å². The Balaban J connectivity index is 3.79. The maximum atomic E-state index is 9.11. The van der Waals surface area contributed by atoms with Crippen molar-refractivity contribution in [1.82, 2.24) is 0 Å². The molecule has 0 aromatic heterocycles. The average Bonchev–Trinajstić information content (AvgIpc) is 1.97. The van der Waals surface area contributed by atoms with Crippen LogP contribution in [0.1, 0.15) is 33.1 Å². The van der Waals surface area contributed by atoms with Crippen LogP contribution in [0.15, 0.2) is 5.11 Å². The van der Waals surface area contributed by atoms with Crippen LogP contribution in [-0.2, 0) is 0 Å². The molecule has 0 spiro atoms. The van der Waals surface area contributed by atoms with E-state index in [-0.39, 0.29) is 6.04 Å². The first-order valence-corrected chi connectivity index (χ1v) is 3.94. The Bertz CT molecular complexity index is 141. The summed E-state index contributed by atoms with van der Waals surface area (Å²) in [5.41, 5.74) is 8.13. The molecule has 0 aliphatic carbocycles.